The number of hydrogen-bond donors (Lipinski definition) is 3. The summed E-state index contributed by atoms with van der Waals surface area (Å²) >= 11 is 8.56. The van der Waals surface area contributed by atoms with Crippen LogP contribution in [0.2, 0.25) is 0 Å². The zero-order valence-corrected chi connectivity index (χ0v) is 30.8. The van der Waals surface area contributed by atoms with Crippen LogP contribution in [0.15, 0.2) is 97.1 Å². The van der Waals surface area contributed by atoms with Gasteiger partial charge in [-0.15, -0.1) is 56.7 Å². The first-order chi connectivity index (χ1) is 24.4. The molecule has 252 valence electrons. The number of hydrogen-bond acceptors (Lipinski definition) is 9. The van der Waals surface area contributed by atoms with Crippen molar-refractivity contribution < 1.29 is 24.9 Å². The lowest BCUT2D eigenvalue weighted by Gasteiger charge is -2.00. The molecule has 2 aromatic carbocycles. The lowest BCUT2D eigenvalue weighted by Crippen LogP contribution is -1.97. The number of rotatable bonds is 14. The molecule has 10 heteroatoms. The highest BCUT2D eigenvalue weighted by Gasteiger charge is 2.20. The molecule has 0 saturated carbocycles. The molecule has 7 rings (SSSR count). The fraction of sp³-hybridized carbons (Fsp3) is 0.150. The monoisotopic (exact) mass is 752 g/mol. The van der Waals surface area contributed by atoms with E-state index in [0.29, 0.717) is 19.3 Å². The van der Waals surface area contributed by atoms with Gasteiger partial charge in [-0.1, -0.05) is 36.4 Å². The van der Waals surface area contributed by atoms with Gasteiger partial charge in [0.25, 0.3) is 0 Å². The van der Waals surface area contributed by atoms with E-state index in [0.717, 1.165) is 88.4 Å². The average molecular weight is 753 g/mol. The standard InChI is InChI=1S/C40H32O5S5/c41-17-3-8-28-20-36(32-12-10-30(46-32)26-6-1-4-24(18-26)22-42)49-39(28)34-14-15-35(48-34)40-29(9-16-38(44)45)21-37(50-40)33-13-11-31(47-33)27-7-2-5-25(19-27)23-43/h1-2,4-7,10-15,17-21,42-43H,3,8-9,16,22-23H2,(H,44,45). The molecule has 0 aliphatic heterocycles. The summed E-state index contributed by atoms with van der Waals surface area (Å²) < 4.78 is 0. The van der Waals surface area contributed by atoms with Crippen molar-refractivity contribution in [3.63, 3.8) is 0 Å². The summed E-state index contributed by atoms with van der Waals surface area (Å²) in [6.07, 6.45) is 2.59. The predicted molar refractivity (Wildman–Crippen MR) is 211 cm³/mol. The fourth-order valence-electron chi connectivity index (χ4n) is 5.82. The third-order valence-electron chi connectivity index (χ3n) is 8.30. The lowest BCUT2D eigenvalue weighted by molar-refractivity contribution is -0.137. The number of carboxylic acid groups (broad SMARTS) is 1. The van der Waals surface area contributed by atoms with Crippen LogP contribution in [0.3, 0.4) is 0 Å². The molecule has 0 spiro atoms. The van der Waals surface area contributed by atoms with Crippen LogP contribution in [0.25, 0.3) is 59.9 Å². The number of carbonyl (C=O) groups excluding carboxylic acids is 1. The second-order valence-corrected chi connectivity index (χ2v) is 17.1. The Hall–Kier alpha value is -4.00. The molecule has 0 aliphatic carbocycles. The van der Waals surface area contributed by atoms with E-state index in [1.165, 1.54) is 0 Å². The maximum Gasteiger partial charge on any atom is 0.303 e. The summed E-state index contributed by atoms with van der Waals surface area (Å²) in [5, 5.41) is 28.7. The van der Waals surface area contributed by atoms with Gasteiger partial charge in [-0.05, 0) is 107 Å². The Balaban J connectivity index is 1.21. The van der Waals surface area contributed by atoms with Crippen molar-refractivity contribution in [3.8, 4) is 59.9 Å². The first kappa shape index (κ1) is 34.4. The Bertz CT molecular complexity index is 2280. The Labute approximate surface area is 310 Å². The Morgan fingerprint density at radius 2 is 1.00 bits per heavy atom. The van der Waals surface area contributed by atoms with E-state index < -0.39 is 5.97 Å². The molecular formula is C40H32O5S5. The molecular weight excluding hydrogens is 721 g/mol. The number of carboxylic acids is 1. The number of thiophene rings is 5. The summed E-state index contributed by atoms with van der Waals surface area (Å²) in [6.45, 7) is 0.00460. The molecule has 50 heavy (non-hydrogen) atoms. The summed E-state index contributed by atoms with van der Waals surface area (Å²) in [6, 6.07) is 33.0. The molecule has 0 radical (unpaired) electrons. The molecule has 7 aromatic rings. The maximum absolute atomic E-state index is 11.6. The summed E-state index contributed by atoms with van der Waals surface area (Å²) in [7, 11) is 0. The van der Waals surface area contributed by atoms with Crippen LogP contribution < -0.4 is 0 Å². The van der Waals surface area contributed by atoms with E-state index in [-0.39, 0.29) is 19.6 Å². The van der Waals surface area contributed by atoms with Crippen molar-refractivity contribution >= 4 is 68.9 Å². The van der Waals surface area contributed by atoms with Crippen molar-refractivity contribution in [2.24, 2.45) is 0 Å². The Morgan fingerprint density at radius 1 is 0.540 bits per heavy atom. The van der Waals surface area contributed by atoms with Crippen molar-refractivity contribution in [1.82, 2.24) is 0 Å². The maximum atomic E-state index is 11.6. The highest BCUT2D eigenvalue weighted by Crippen LogP contribution is 2.49. The van der Waals surface area contributed by atoms with Crippen molar-refractivity contribution in [2.45, 2.75) is 38.9 Å². The van der Waals surface area contributed by atoms with Crippen molar-refractivity contribution in [1.29, 1.82) is 0 Å². The molecule has 0 fully saturated rings. The predicted octanol–water partition coefficient (Wildman–Crippen LogP) is 11.1. The van der Waals surface area contributed by atoms with Gasteiger partial charge in [-0.25, -0.2) is 0 Å². The minimum atomic E-state index is -0.818. The molecule has 0 atom stereocenters. The van der Waals surface area contributed by atoms with Crippen LogP contribution in [-0.4, -0.2) is 27.6 Å². The minimum Gasteiger partial charge on any atom is -0.481 e. The third-order valence-corrected chi connectivity index (χ3v) is 14.8. The highest BCUT2D eigenvalue weighted by molar-refractivity contribution is 7.30. The SMILES string of the molecule is O=CCCc1cc(-c2ccc(-c3cccc(CO)c3)s2)sc1-c1ccc(-c2sc(-c3ccc(-c4cccc(CO)c4)s3)cc2CCC(=O)O)s1. The molecule has 0 saturated heterocycles. The number of aldehydes is 1. The zero-order valence-electron chi connectivity index (χ0n) is 26.8. The van der Waals surface area contributed by atoms with Gasteiger partial charge in [0.2, 0.25) is 0 Å². The van der Waals surface area contributed by atoms with E-state index in [1.54, 1.807) is 56.7 Å². The first-order valence-electron chi connectivity index (χ1n) is 16.0. The van der Waals surface area contributed by atoms with Gasteiger partial charge < -0.3 is 20.1 Å². The van der Waals surface area contributed by atoms with Gasteiger partial charge in [-0.3, -0.25) is 4.79 Å². The van der Waals surface area contributed by atoms with Gasteiger partial charge in [-0.2, -0.15) is 0 Å². The first-order valence-corrected chi connectivity index (χ1v) is 20.1. The quantitative estimate of drug-likeness (QED) is 0.0962. The molecule has 3 N–H and O–H groups in total. The van der Waals surface area contributed by atoms with Gasteiger partial charge in [0.05, 0.1) is 13.2 Å². The van der Waals surface area contributed by atoms with E-state index in [2.05, 4.69) is 54.6 Å². The van der Waals surface area contributed by atoms with E-state index in [1.807, 2.05) is 42.5 Å². The molecule has 5 aromatic heterocycles. The molecule has 0 aliphatic rings. The Kier molecular flexibility index (Phi) is 10.7. The number of carbonyl (C=O) groups is 2. The highest BCUT2D eigenvalue weighted by atomic mass is 32.1. The fourth-order valence-corrected chi connectivity index (χ4v) is 11.7. The van der Waals surface area contributed by atoms with Crippen LogP contribution in [0.5, 0.6) is 0 Å². The van der Waals surface area contributed by atoms with E-state index >= 15 is 0 Å². The second-order valence-electron chi connectivity index (χ2n) is 11.7. The number of aliphatic carboxylic acids is 1. The van der Waals surface area contributed by atoms with Gasteiger partial charge >= 0.3 is 5.97 Å². The van der Waals surface area contributed by atoms with E-state index in [4.69, 9.17) is 0 Å². The molecule has 0 amide bonds. The summed E-state index contributed by atoms with van der Waals surface area (Å²) in [5.41, 5.74) is 6.08. The van der Waals surface area contributed by atoms with Crippen LogP contribution in [0.1, 0.15) is 35.1 Å². The van der Waals surface area contributed by atoms with Crippen molar-refractivity contribution in [3.05, 3.63) is 119 Å². The molecule has 0 bridgehead atoms. The van der Waals surface area contributed by atoms with Crippen LogP contribution in [0.4, 0.5) is 0 Å². The van der Waals surface area contributed by atoms with E-state index in [9.17, 15) is 24.9 Å². The molecule has 5 nitrogen and oxygen atoms in total. The Morgan fingerprint density at radius 3 is 1.48 bits per heavy atom. The van der Waals surface area contributed by atoms with Crippen LogP contribution in [0, 0.1) is 0 Å². The largest absolute Gasteiger partial charge is 0.481 e. The van der Waals surface area contributed by atoms with Crippen LogP contribution in [-0.2, 0) is 35.6 Å². The number of benzene rings is 2. The summed E-state index contributed by atoms with van der Waals surface area (Å²) in [5.74, 6) is -0.818. The van der Waals surface area contributed by atoms with Crippen LogP contribution >= 0.6 is 56.7 Å². The van der Waals surface area contributed by atoms with Crippen molar-refractivity contribution in [2.75, 3.05) is 0 Å². The lowest BCUT2D eigenvalue weighted by atomic mass is 10.1. The molecule has 0 unspecified atom stereocenters. The topological polar surface area (TPSA) is 94.8 Å². The number of aliphatic hydroxyl groups is 2. The number of aliphatic hydroxyl groups excluding tert-OH is 2. The minimum absolute atomic E-state index is 0.00248. The van der Waals surface area contributed by atoms with Gasteiger partial charge in [0.15, 0.2) is 0 Å². The number of aryl methyl sites for hydroxylation is 2. The summed E-state index contributed by atoms with van der Waals surface area (Å²) in [4.78, 5) is 34.3. The smallest absolute Gasteiger partial charge is 0.303 e. The van der Waals surface area contributed by atoms with Gasteiger partial charge in [0.1, 0.15) is 6.29 Å². The third kappa shape index (κ3) is 7.52. The zero-order chi connectivity index (χ0) is 34.6. The second kappa shape index (κ2) is 15.5. The molecule has 5 heterocycles. The van der Waals surface area contributed by atoms with Gasteiger partial charge in [0, 0.05) is 61.6 Å². The average Bonchev–Trinajstić information content (AvgIpc) is 3.98. The normalized spacial score (nSPS) is 11.3.